The van der Waals surface area contributed by atoms with Gasteiger partial charge in [0.2, 0.25) is 0 Å². The molecule has 0 atom stereocenters. The van der Waals surface area contributed by atoms with Crippen molar-refractivity contribution in [3.8, 4) is 0 Å². The number of guanidine groups is 1. The van der Waals surface area contributed by atoms with Gasteiger partial charge in [0.15, 0.2) is 5.96 Å². The molecule has 0 unspecified atom stereocenters. The first-order chi connectivity index (χ1) is 10.8. The van der Waals surface area contributed by atoms with E-state index in [1.807, 2.05) is 18.0 Å². The van der Waals surface area contributed by atoms with Crippen LogP contribution in [0.5, 0.6) is 0 Å². The lowest BCUT2D eigenvalue weighted by Crippen LogP contribution is -2.38. The lowest BCUT2D eigenvalue weighted by atomic mass is 10.3. The van der Waals surface area contributed by atoms with Crippen LogP contribution in [0.15, 0.2) is 23.3 Å². The number of halogens is 1. The Labute approximate surface area is 161 Å². The average Bonchev–Trinajstić information content (AvgIpc) is 3.08. The number of aliphatic imine (C=N–C) groups is 1. The van der Waals surface area contributed by atoms with E-state index in [0.717, 1.165) is 49.3 Å². The molecule has 5 nitrogen and oxygen atoms in total. The van der Waals surface area contributed by atoms with Gasteiger partial charge in [0.25, 0.3) is 0 Å². The molecule has 0 amide bonds. The van der Waals surface area contributed by atoms with Crippen LogP contribution >= 0.6 is 35.7 Å². The van der Waals surface area contributed by atoms with Crippen molar-refractivity contribution in [1.29, 1.82) is 0 Å². The summed E-state index contributed by atoms with van der Waals surface area (Å²) in [6.45, 7) is 6.80. The molecule has 0 spiro atoms. The Morgan fingerprint density at radius 2 is 2.09 bits per heavy atom. The number of thioether (sulfide) groups is 1. The molecule has 0 aromatic carbocycles. The number of pyridine rings is 1. The van der Waals surface area contributed by atoms with Crippen molar-refractivity contribution in [2.75, 3.05) is 43.1 Å². The topological polar surface area (TPSA) is 52.6 Å². The van der Waals surface area contributed by atoms with E-state index in [9.17, 15) is 0 Å². The molecule has 0 aliphatic carbocycles. The van der Waals surface area contributed by atoms with Gasteiger partial charge in [-0.3, -0.25) is 0 Å². The molecule has 2 rings (SSSR count). The predicted molar refractivity (Wildman–Crippen MR) is 112 cm³/mol. The Balaban J connectivity index is 0.00000264. The minimum absolute atomic E-state index is 0. The van der Waals surface area contributed by atoms with Gasteiger partial charge in [0, 0.05) is 38.1 Å². The number of nitrogens with one attached hydrogen (secondary N) is 2. The van der Waals surface area contributed by atoms with Gasteiger partial charge in [0.1, 0.15) is 5.82 Å². The van der Waals surface area contributed by atoms with Crippen LogP contribution in [0.25, 0.3) is 0 Å². The highest BCUT2D eigenvalue weighted by Crippen LogP contribution is 2.17. The molecule has 2 N–H and O–H groups in total. The van der Waals surface area contributed by atoms with E-state index in [1.54, 1.807) is 0 Å². The zero-order valence-corrected chi connectivity index (χ0v) is 17.2. The van der Waals surface area contributed by atoms with Gasteiger partial charge in [-0.2, -0.15) is 11.8 Å². The molecular formula is C16H28IN5S. The van der Waals surface area contributed by atoms with Crippen LogP contribution in [0.1, 0.15) is 25.3 Å². The zero-order valence-electron chi connectivity index (χ0n) is 14.0. The molecule has 1 fully saturated rings. The number of anilines is 1. The first kappa shape index (κ1) is 20.3. The Morgan fingerprint density at radius 1 is 1.30 bits per heavy atom. The van der Waals surface area contributed by atoms with Crippen molar-refractivity contribution in [2.45, 2.75) is 26.3 Å². The molecule has 1 saturated heterocycles. The van der Waals surface area contributed by atoms with Crippen molar-refractivity contribution in [1.82, 2.24) is 15.6 Å². The van der Waals surface area contributed by atoms with Crippen molar-refractivity contribution in [3.63, 3.8) is 0 Å². The Kier molecular flexibility index (Phi) is 10.4. The maximum Gasteiger partial charge on any atom is 0.191 e. The number of nitrogens with zero attached hydrogens (tertiary/aromatic N) is 3. The maximum absolute atomic E-state index is 4.61. The monoisotopic (exact) mass is 449 g/mol. The van der Waals surface area contributed by atoms with E-state index in [1.165, 1.54) is 12.8 Å². The SMILES string of the molecule is CCNC(=NCc1ccc(N2CCCC2)nc1)NCCSC.I. The van der Waals surface area contributed by atoms with Crippen LogP contribution in [-0.4, -0.2) is 49.1 Å². The summed E-state index contributed by atoms with van der Waals surface area (Å²) in [4.78, 5) is 11.5. The Hall–Kier alpha value is -0.700. The van der Waals surface area contributed by atoms with Crippen molar-refractivity contribution in [2.24, 2.45) is 4.99 Å². The number of hydrogen-bond acceptors (Lipinski definition) is 4. The summed E-state index contributed by atoms with van der Waals surface area (Å²) in [5.41, 5.74) is 1.14. The highest BCUT2D eigenvalue weighted by atomic mass is 127. The quantitative estimate of drug-likeness (QED) is 0.290. The summed E-state index contributed by atoms with van der Waals surface area (Å²) in [5, 5.41) is 6.61. The second kappa shape index (κ2) is 11.8. The number of aromatic nitrogens is 1. The van der Waals surface area contributed by atoms with Gasteiger partial charge in [-0.25, -0.2) is 9.98 Å². The van der Waals surface area contributed by atoms with Gasteiger partial charge in [-0.1, -0.05) is 6.07 Å². The van der Waals surface area contributed by atoms with Crippen LogP contribution in [0.2, 0.25) is 0 Å². The van der Waals surface area contributed by atoms with E-state index in [4.69, 9.17) is 0 Å². The van der Waals surface area contributed by atoms with E-state index < -0.39 is 0 Å². The minimum atomic E-state index is 0. The fraction of sp³-hybridized carbons (Fsp3) is 0.625. The van der Waals surface area contributed by atoms with Gasteiger partial charge in [0.05, 0.1) is 6.54 Å². The maximum atomic E-state index is 4.61. The highest BCUT2D eigenvalue weighted by Gasteiger charge is 2.12. The van der Waals surface area contributed by atoms with E-state index >= 15 is 0 Å². The lowest BCUT2D eigenvalue weighted by Gasteiger charge is -2.16. The van der Waals surface area contributed by atoms with Gasteiger partial charge < -0.3 is 15.5 Å². The van der Waals surface area contributed by atoms with Crippen molar-refractivity contribution >= 4 is 47.5 Å². The van der Waals surface area contributed by atoms with Crippen LogP contribution in [0, 0.1) is 0 Å². The van der Waals surface area contributed by atoms with E-state index in [2.05, 4.69) is 50.8 Å². The Bertz CT molecular complexity index is 460. The largest absolute Gasteiger partial charge is 0.357 e. The molecule has 0 bridgehead atoms. The molecule has 130 valence electrons. The lowest BCUT2D eigenvalue weighted by molar-refractivity contribution is 0.841. The van der Waals surface area contributed by atoms with E-state index in [0.29, 0.717) is 6.54 Å². The Morgan fingerprint density at radius 3 is 2.70 bits per heavy atom. The third kappa shape index (κ3) is 7.15. The highest BCUT2D eigenvalue weighted by molar-refractivity contribution is 14.0. The predicted octanol–water partition coefficient (Wildman–Crippen LogP) is 2.72. The molecule has 1 aromatic rings. The van der Waals surface area contributed by atoms with Crippen LogP contribution < -0.4 is 15.5 Å². The standard InChI is InChI=1S/C16H27N5S.HI/c1-3-17-16(18-8-11-22-2)20-13-14-6-7-15(19-12-14)21-9-4-5-10-21;/h6-7,12H,3-5,8-11,13H2,1-2H3,(H2,17,18,20);1H. The molecule has 7 heteroatoms. The van der Waals surface area contributed by atoms with Gasteiger partial charge in [-0.05, 0) is 37.7 Å². The van der Waals surface area contributed by atoms with Crippen molar-refractivity contribution in [3.05, 3.63) is 23.9 Å². The molecular weight excluding hydrogens is 421 g/mol. The molecule has 0 radical (unpaired) electrons. The smallest absolute Gasteiger partial charge is 0.191 e. The first-order valence-corrected chi connectivity index (χ1v) is 9.44. The second-order valence-electron chi connectivity index (χ2n) is 5.33. The zero-order chi connectivity index (χ0) is 15.6. The summed E-state index contributed by atoms with van der Waals surface area (Å²) in [6, 6.07) is 4.25. The molecule has 0 saturated carbocycles. The normalized spacial score (nSPS) is 14.5. The van der Waals surface area contributed by atoms with Crippen LogP contribution in [0.4, 0.5) is 5.82 Å². The number of hydrogen-bond donors (Lipinski definition) is 2. The second-order valence-corrected chi connectivity index (χ2v) is 6.32. The number of rotatable bonds is 7. The van der Waals surface area contributed by atoms with Gasteiger partial charge in [-0.15, -0.1) is 24.0 Å². The fourth-order valence-electron chi connectivity index (χ4n) is 2.43. The summed E-state index contributed by atoms with van der Waals surface area (Å²) < 4.78 is 0. The third-order valence-electron chi connectivity index (χ3n) is 3.60. The van der Waals surface area contributed by atoms with Crippen LogP contribution in [-0.2, 0) is 6.54 Å². The molecule has 1 aromatic heterocycles. The molecule has 23 heavy (non-hydrogen) atoms. The van der Waals surface area contributed by atoms with Gasteiger partial charge >= 0.3 is 0 Å². The van der Waals surface area contributed by atoms with Crippen LogP contribution in [0.3, 0.4) is 0 Å². The fourth-order valence-corrected chi connectivity index (χ4v) is 2.73. The molecule has 1 aliphatic rings. The average molecular weight is 449 g/mol. The summed E-state index contributed by atoms with van der Waals surface area (Å²) in [6.07, 6.45) is 6.62. The molecule has 1 aliphatic heterocycles. The molecule has 2 heterocycles. The third-order valence-corrected chi connectivity index (χ3v) is 4.21. The minimum Gasteiger partial charge on any atom is -0.357 e. The summed E-state index contributed by atoms with van der Waals surface area (Å²) >= 11 is 1.83. The first-order valence-electron chi connectivity index (χ1n) is 8.04. The summed E-state index contributed by atoms with van der Waals surface area (Å²) in [5.74, 6) is 3.05. The van der Waals surface area contributed by atoms with E-state index in [-0.39, 0.29) is 24.0 Å². The summed E-state index contributed by atoms with van der Waals surface area (Å²) in [7, 11) is 0. The van der Waals surface area contributed by atoms with Crippen molar-refractivity contribution < 1.29 is 0 Å².